The standard InChI is InChI=1S/C13H10F2N4O2/c1-7(6-16)17-12(20)9-4-2-8(3-5-9)11-18-13(10(14)15)21-19-11/h2-5,7,10H,1H3,(H,17,20). The molecular formula is C13H10F2N4O2. The Morgan fingerprint density at radius 3 is 2.57 bits per heavy atom. The van der Waals surface area contributed by atoms with Crippen molar-refractivity contribution in [2.45, 2.75) is 19.4 Å². The lowest BCUT2D eigenvalue weighted by atomic mass is 10.1. The van der Waals surface area contributed by atoms with Gasteiger partial charge < -0.3 is 9.84 Å². The highest BCUT2D eigenvalue weighted by atomic mass is 19.3. The minimum Gasteiger partial charge on any atom is -0.337 e. The molecule has 1 aromatic heterocycles. The molecule has 1 unspecified atom stereocenters. The number of hydrogen-bond acceptors (Lipinski definition) is 5. The van der Waals surface area contributed by atoms with Gasteiger partial charge in [0.25, 0.3) is 11.8 Å². The molecular weight excluding hydrogens is 282 g/mol. The summed E-state index contributed by atoms with van der Waals surface area (Å²) in [6.07, 6.45) is -2.83. The molecule has 6 nitrogen and oxygen atoms in total. The van der Waals surface area contributed by atoms with Gasteiger partial charge in [0.05, 0.1) is 6.07 Å². The SMILES string of the molecule is CC(C#N)NC(=O)c1ccc(-c2noc(C(F)F)n2)cc1. The van der Waals surface area contributed by atoms with E-state index >= 15 is 0 Å². The van der Waals surface area contributed by atoms with Crippen LogP contribution in [0.25, 0.3) is 11.4 Å². The Balaban J connectivity index is 2.15. The average molecular weight is 292 g/mol. The second-order valence-electron chi connectivity index (χ2n) is 4.16. The van der Waals surface area contributed by atoms with Gasteiger partial charge in [0, 0.05) is 11.1 Å². The predicted octanol–water partition coefficient (Wildman–Crippen LogP) is 2.32. The summed E-state index contributed by atoms with van der Waals surface area (Å²) in [5.74, 6) is -1.14. The van der Waals surface area contributed by atoms with Gasteiger partial charge in [0.1, 0.15) is 6.04 Å². The highest BCUT2D eigenvalue weighted by Crippen LogP contribution is 2.21. The molecule has 0 fully saturated rings. The maximum atomic E-state index is 12.3. The minimum absolute atomic E-state index is 0.0163. The van der Waals surface area contributed by atoms with E-state index < -0.39 is 24.3 Å². The molecule has 21 heavy (non-hydrogen) atoms. The van der Waals surface area contributed by atoms with E-state index in [2.05, 4.69) is 20.0 Å². The Morgan fingerprint density at radius 2 is 2.05 bits per heavy atom. The van der Waals surface area contributed by atoms with Crippen LogP contribution in [0.4, 0.5) is 8.78 Å². The Hall–Kier alpha value is -2.82. The van der Waals surface area contributed by atoms with Crippen LogP contribution >= 0.6 is 0 Å². The molecule has 1 heterocycles. The highest BCUT2D eigenvalue weighted by Gasteiger charge is 2.17. The van der Waals surface area contributed by atoms with Crippen molar-refractivity contribution in [3.8, 4) is 17.5 Å². The summed E-state index contributed by atoms with van der Waals surface area (Å²) in [5.41, 5.74) is 0.772. The molecule has 1 aromatic carbocycles. The molecule has 2 aromatic rings. The molecule has 0 spiro atoms. The first kappa shape index (κ1) is 14.6. The zero-order chi connectivity index (χ0) is 15.4. The van der Waals surface area contributed by atoms with E-state index in [4.69, 9.17) is 5.26 Å². The number of carbonyl (C=O) groups is 1. The van der Waals surface area contributed by atoms with E-state index in [-0.39, 0.29) is 5.82 Å². The Bertz CT molecular complexity index is 676. The number of alkyl halides is 2. The van der Waals surface area contributed by atoms with Crippen molar-refractivity contribution in [1.82, 2.24) is 15.5 Å². The van der Waals surface area contributed by atoms with Gasteiger partial charge in [-0.15, -0.1) is 0 Å². The van der Waals surface area contributed by atoms with Gasteiger partial charge in [-0.05, 0) is 19.1 Å². The van der Waals surface area contributed by atoms with Gasteiger partial charge in [-0.25, -0.2) is 0 Å². The fourth-order valence-corrected chi connectivity index (χ4v) is 1.52. The number of aromatic nitrogens is 2. The lowest BCUT2D eigenvalue weighted by molar-refractivity contribution is 0.0947. The molecule has 1 atom stereocenters. The second kappa shape index (κ2) is 6.09. The van der Waals surface area contributed by atoms with Crippen LogP contribution in [0.5, 0.6) is 0 Å². The van der Waals surface area contributed by atoms with Crippen LogP contribution < -0.4 is 5.32 Å². The predicted molar refractivity (Wildman–Crippen MR) is 67.2 cm³/mol. The minimum atomic E-state index is -2.83. The molecule has 0 saturated heterocycles. The molecule has 0 radical (unpaired) electrons. The lowest BCUT2D eigenvalue weighted by Crippen LogP contribution is -2.31. The van der Waals surface area contributed by atoms with Crippen LogP contribution in [0.1, 0.15) is 29.6 Å². The van der Waals surface area contributed by atoms with E-state index in [1.165, 1.54) is 24.3 Å². The van der Waals surface area contributed by atoms with Gasteiger partial charge >= 0.3 is 6.43 Å². The largest absolute Gasteiger partial charge is 0.337 e. The molecule has 1 N–H and O–H groups in total. The van der Waals surface area contributed by atoms with Crippen LogP contribution in [0, 0.1) is 11.3 Å². The van der Waals surface area contributed by atoms with E-state index in [1.807, 2.05) is 6.07 Å². The van der Waals surface area contributed by atoms with Crippen LogP contribution in [-0.2, 0) is 0 Å². The number of nitrogens with zero attached hydrogens (tertiary/aromatic N) is 3. The third-order valence-electron chi connectivity index (χ3n) is 2.57. The monoisotopic (exact) mass is 292 g/mol. The summed E-state index contributed by atoms with van der Waals surface area (Å²) in [6, 6.07) is 7.24. The first-order valence-corrected chi connectivity index (χ1v) is 5.94. The number of benzene rings is 1. The fourth-order valence-electron chi connectivity index (χ4n) is 1.52. The summed E-state index contributed by atoms with van der Waals surface area (Å²) in [7, 11) is 0. The van der Waals surface area contributed by atoms with Gasteiger partial charge in [0.15, 0.2) is 0 Å². The van der Waals surface area contributed by atoms with E-state index in [0.717, 1.165) is 0 Å². The van der Waals surface area contributed by atoms with Crippen molar-refractivity contribution in [1.29, 1.82) is 5.26 Å². The van der Waals surface area contributed by atoms with Gasteiger partial charge in [0.2, 0.25) is 5.82 Å². The zero-order valence-corrected chi connectivity index (χ0v) is 10.9. The molecule has 8 heteroatoms. The van der Waals surface area contributed by atoms with E-state index in [0.29, 0.717) is 11.1 Å². The number of rotatable bonds is 4. The average Bonchev–Trinajstić information content (AvgIpc) is 2.97. The van der Waals surface area contributed by atoms with Crippen LogP contribution in [-0.4, -0.2) is 22.1 Å². The molecule has 0 aliphatic heterocycles. The fraction of sp³-hybridized carbons (Fsp3) is 0.231. The maximum absolute atomic E-state index is 12.3. The van der Waals surface area contributed by atoms with Crippen molar-refractivity contribution in [3.05, 3.63) is 35.7 Å². The summed E-state index contributed by atoms with van der Waals surface area (Å²) < 4.78 is 29.1. The first-order chi connectivity index (χ1) is 10.0. The molecule has 0 aliphatic rings. The summed E-state index contributed by atoms with van der Waals surface area (Å²) in [5, 5.41) is 14.5. The van der Waals surface area contributed by atoms with Gasteiger partial charge in [-0.3, -0.25) is 4.79 Å². The number of amides is 1. The van der Waals surface area contributed by atoms with Gasteiger partial charge in [-0.1, -0.05) is 17.3 Å². The molecule has 2 rings (SSSR count). The van der Waals surface area contributed by atoms with Crippen molar-refractivity contribution in [2.75, 3.05) is 0 Å². The zero-order valence-electron chi connectivity index (χ0n) is 10.9. The van der Waals surface area contributed by atoms with Crippen LogP contribution in [0.3, 0.4) is 0 Å². The van der Waals surface area contributed by atoms with Crippen LogP contribution in [0.2, 0.25) is 0 Å². The lowest BCUT2D eigenvalue weighted by Gasteiger charge is -2.06. The van der Waals surface area contributed by atoms with Crippen molar-refractivity contribution < 1.29 is 18.1 Å². The number of hydrogen-bond donors (Lipinski definition) is 1. The quantitative estimate of drug-likeness (QED) is 0.933. The second-order valence-corrected chi connectivity index (χ2v) is 4.16. The van der Waals surface area contributed by atoms with E-state index in [1.54, 1.807) is 6.92 Å². The summed E-state index contributed by atoms with van der Waals surface area (Å²) in [4.78, 5) is 15.3. The van der Waals surface area contributed by atoms with Crippen molar-refractivity contribution >= 4 is 5.91 Å². The number of nitriles is 1. The smallest absolute Gasteiger partial charge is 0.315 e. The number of nitrogens with one attached hydrogen (secondary N) is 1. The summed E-state index contributed by atoms with van der Waals surface area (Å²) in [6.45, 7) is 1.55. The molecule has 0 aliphatic carbocycles. The van der Waals surface area contributed by atoms with E-state index in [9.17, 15) is 13.6 Å². The highest BCUT2D eigenvalue weighted by molar-refractivity contribution is 5.94. The number of carbonyl (C=O) groups excluding carboxylic acids is 1. The summed E-state index contributed by atoms with van der Waals surface area (Å²) >= 11 is 0. The Labute approximate surface area is 118 Å². The number of halogens is 2. The van der Waals surface area contributed by atoms with Crippen LogP contribution in [0.15, 0.2) is 28.8 Å². The maximum Gasteiger partial charge on any atom is 0.315 e. The first-order valence-electron chi connectivity index (χ1n) is 5.94. The van der Waals surface area contributed by atoms with Crippen molar-refractivity contribution in [3.63, 3.8) is 0 Å². The molecule has 108 valence electrons. The topological polar surface area (TPSA) is 91.8 Å². The normalized spacial score (nSPS) is 12.0. The molecule has 0 saturated carbocycles. The molecule has 0 bridgehead atoms. The Kier molecular flexibility index (Phi) is 4.23. The third kappa shape index (κ3) is 3.39. The third-order valence-corrected chi connectivity index (χ3v) is 2.57. The van der Waals surface area contributed by atoms with Gasteiger partial charge in [-0.2, -0.15) is 19.0 Å². The van der Waals surface area contributed by atoms with Crippen molar-refractivity contribution in [2.24, 2.45) is 0 Å². The molecule has 1 amide bonds. The Morgan fingerprint density at radius 1 is 1.38 bits per heavy atom.